The summed E-state index contributed by atoms with van der Waals surface area (Å²) in [6, 6.07) is 3.66. The molecule has 23 heavy (non-hydrogen) atoms. The molecule has 7 nitrogen and oxygen atoms in total. The van der Waals surface area contributed by atoms with E-state index >= 15 is 0 Å². The number of halogens is 1. The SMILES string of the molecule is CC(C)(C)OC(=O)N[C@H](CS(=O)(=O)c1ccc(Cl)cc1)C(=O)O. The molecule has 1 atom stereocenters. The standard InChI is InChI=1S/C14H18ClNO6S/c1-14(2,3)22-13(19)16-11(12(17)18)8-23(20,21)10-6-4-9(15)5-7-10/h4-7,11H,8H2,1-3H3,(H,16,19)(H,17,18)/t11-/m1/s1. The smallest absolute Gasteiger partial charge is 0.408 e. The summed E-state index contributed by atoms with van der Waals surface area (Å²) in [6.07, 6.45) is -1.00. The number of carbonyl (C=O) groups is 2. The second-order valence-electron chi connectivity index (χ2n) is 5.77. The Hall–Kier alpha value is -1.80. The second-order valence-corrected chi connectivity index (χ2v) is 8.24. The summed E-state index contributed by atoms with van der Waals surface area (Å²) in [5, 5.41) is 11.5. The van der Waals surface area contributed by atoms with Crippen LogP contribution in [0, 0.1) is 0 Å². The van der Waals surface area contributed by atoms with Crippen molar-refractivity contribution in [2.24, 2.45) is 0 Å². The van der Waals surface area contributed by atoms with Crippen molar-refractivity contribution >= 4 is 33.5 Å². The van der Waals surface area contributed by atoms with Crippen molar-refractivity contribution in [3.63, 3.8) is 0 Å². The van der Waals surface area contributed by atoms with Crippen LogP contribution in [0.25, 0.3) is 0 Å². The zero-order valence-corrected chi connectivity index (χ0v) is 14.4. The third-order valence-corrected chi connectivity index (χ3v) is 4.56. The van der Waals surface area contributed by atoms with Crippen LogP contribution in [0.4, 0.5) is 4.79 Å². The number of aliphatic carboxylic acids is 1. The maximum Gasteiger partial charge on any atom is 0.408 e. The minimum Gasteiger partial charge on any atom is -0.480 e. The highest BCUT2D eigenvalue weighted by Crippen LogP contribution is 2.16. The van der Waals surface area contributed by atoms with E-state index in [1.807, 2.05) is 5.32 Å². The number of carboxylic acid groups (broad SMARTS) is 1. The molecule has 2 N–H and O–H groups in total. The summed E-state index contributed by atoms with van der Waals surface area (Å²) >= 11 is 5.69. The Bertz CT molecular complexity index is 678. The summed E-state index contributed by atoms with van der Waals surface area (Å²) in [5.74, 6) is -2.28. The van der Waals surface area contributed by atoms with Crippen LogP contribution in [0.3, 0.4) is 0 Å². The van der Waals surface area contributed by atoms with Gasteiger partial charge in [0.25, 0.3) is 0 Å². The van der Waals surface area contributed by atoms with Crippen molar-refractivity contribution in [3.05, 3.63) is 29.3 Å². The fourth-order valence-electron chi connectivity index (χ4n) is 1.58. The first-order valence-corrected chi connectivity index (χ1v) is 8.64. The Balaban J connectivity index is 2.89. The molecule has 128 valence electrons. The van der Waals surface area contributed by atoms with Gasteiger partial charge >= 0.3 is 12.1 Å². The number of amides is 1. The van der Waals surface area contributed by atoms with Crippen LogP contribution in [0.1, 0.15) is 20.8 Å². The lowest BCUT2D eigenvalue weighted by atomic mass is 10.2. The van der Waals surface area contributed by atoms with Crippen LogP contribution in [0.2, 0.25) is 5.02 Å². The van der Waals surface area contributed by atoms with E-state index in [0.29, 0.717) is 5.02 Å². The first kappa shape index (κ1) is 19.2. The van der Waals surface area contributed by atoms with Crippen molar-refractivity contribution in [2.45, 2.75) is 37.3 Å². The van der Waals surface area contributed by atoms with Crippen LogP contribution in [0.15, 0.2) is 29.2 Å². The average molecular weight is 364 g/mol. The first-order valence-electron chi connectivity index (χ1n) is 6.61. The third-order valence-electron chi connectivity index (χ3n) is 2.55. The largest absolute Gasteiger partial charge is 0.480 e. The maximum atomic E-state index is 12.2. The number of alkyl carbamates (subject to hydrolysis) is 1. The molecule has 0 bridgehead atoms. The number of sulfone groups is 1. The Morgan fingerprint density at radius 2 is 1.78 bits per heavy atom. The van der Waals surface area contributed by atoms with Gasteiger partial charge in [0, 0.05) is 5.02 Å². The van der Waals surface area contributed by atoms with Gasteiger partial charge in [0.15, 0.2) is 9.84 Å². The molecule has 1 aromatic carbocycles. The number of benzene rings is 1. The van der Waals surface area contributed by atoms with E-state index in [1.54, 1.807) is 20.8 Å². The van der Waals surface area contributed by atoms with Gasteiger partial charge in [-0.05, 0) is 45.0 Å². The molecule has 9 heteroatoms. The van der Waals surface area contributed by atoms with E-state index < -0.39 is 39.3 Å². The highest BCUT2D eigenvalue weighted by Gasteiger charge is 2.29. The van der Waals surface area contributed by atoms with E-state index in [2.05, 4.69) is 0 Å². The topological polar surface area (TPSA) is 110 Å². The summed E-state index contributed by atoms with van der Waals surface area (Å²) < 4.78 is 29.4. The van der Waals surface area contributed by atoms with Gasteiger partial charge in [0.05, 0.1) is 10.6 Å². The lowest BCUT2D eigenvalue weighted by Crippen LogP contribution is -2.47. The molecule has 0 spiro atoms. The van der Waals surface area contributed by atoms with Crippen LogP contribution >= 0.6 is 11.6 Å². The van der Waals surface area contributed by atoms with Crippen LogP contribution in [0.5, 0.6) is 0 Å². The van der Waals surface area contributed by atoms with Crippen molar-refractivity contribution in [1.29, 1.82) is 0 Å². The molecule has 0 aliphatic rings. The van der Waals surface area contributed by atoms with E-state index in [1.165, 1.54) is 24.3 Å². The normalized spacial score (nSPS) is 13.2. The van der Waals surface area contributed by atoms with Gasteiger partial charge < -0.3 is 15.2 Å². The molecular formula is C14H18ClNO6S. The average Bonchev–Trinajstić information content (AvgIpc) is 2.35. The Morgan fingerprint density at radius 1 is 1.26 bits per heavy atom. The first-order chi connectivity index (χ1) is 10.4. The molecule has 0 saturated heterocycles. The number of rotatable bonds is 5. The van der Waals surface area contributed by atoms with Crippen LogP contribution < -0.4 is 5.32 Å². The van der Waals surface area contributed by atoms with Gasteiger partial charge in [0.1, 0.15) is 11.6 Å². The maximum absolute atomic E-state index is 12.2. The predicted octanol–water partition coefficient (Wildman–Crippen LogP) is 2.09. The second kappa shape index (κ2) is 7.18. The lowest BCUT2D eigenvalue weighted by Gasteiger charge is -2.22. The number of hydrogen-bond acceptors (Lipinski definition) is 5. The summed E-state index contributed by atoms with van der Waals surface area (Å²) in [6.45, 7) is 4.81. The van der Waals surface area contributed by atoms with Gasteiger partial charge in [-0.15, -0.1) is 0 Å². The number of nitrogens with one attached hydrogen (secondary N) is 1. The number of carboxylic acids is 1. The number of hydrogen-bond donors (Lipinski definition) is 2. The number of ether oxygens (including phenoxy) is 1. The molecule has 0 aliphatic heterocycles. The minimum atomic E-state index is -3.92. The molecule has 0 aromatic heterocycles. The molecule has 0 radical (unpaired) electrons. The monoisotopic (exact) mass is 363 g/mol. The minimum absolute atomic E-state index is 0.0841. The van der Waals surface area contributed by atoms with Crippen LogP contribution in [-0.2, 0) is 19.4 Å². The van der Waals surface area contributed by atoms with Crippen molar-refractivity contribution in [1.82, 2.24) is 5.32 Å². The summed E-state index contributed by atoms with van der Waals surface area (Å²) in [7, 11) is -3.92. The molecule has 1 rings (SSSR count). The van der Waals surface area contributed by atoms with E-state index in [-0.39, 0.29) is 4.90 Å². The highest BCUT2D eigenvalue weighted by atomic mass is 35.5. The highest BCUT2D eigenvalue weighted by molar-refractivity contribution is 7.91. The van der Waals surface area contributed by atoms with Gasteiger partial charge in [-0.25, -0.2) is 18.0 Å². The molecule has 1 aromatic rings. The van der Waals surface area contributed by atoms with Crippen LogP contribution in [-0.4, -0.2) is 43.0 Å². The number of carbonyl (C=O) groups excluding carboxylic acids is 1. The van der Waals surface area contributed by atoms with Gasteiger partial charge in [-0.1, -0.05) is 11.6 Å². The zero-order chi connectivity index (χ0) is 17.8. The van der Waals surface area contributed by atoms with Gasteiger partial charge in [0.2, 0.25) is 0 Å². The molecule has 0 aliphatic carbocycles. The molecular weight excluding hydrogens is 346 g/mol. The molecule has 0 unspecified atom stereocenters. The molecule has 0 saturated carbocycles. The van der Waals surface area contributed by atoms with Gasteiger partial charge in [-0.3, -0.25) is 0 Å². The zero-order valence-electron chi connectivity index (χ0n) is 12.9. The predicted molar refractivity (Wildman–Crippen MR) is 84.3 cm³/mol. The fourth-order valence-corrected chi connectivity index (χ4v) is 3.12. The Morgan fingerprint density at radius 3 is 2.22 bits per heavy atom. The Labute approximate surface area is 139 Å². The lowest BCUT2D eigenvalue weighted by molar-refractivity contribution is -0.138. The summed E-state index contributed by atoms with van der Waals surface area (Å²) in [4.78, 5) is 22.8. The molecule has 1 amide bonds. The van der Waals surface area contributed by atoms with E-state index in [9.17, 15) is 18.0 Å². The Kier molecular flexibility index (Phi) is 6.01. The van der Waals surface area contributed by atoms with Gasteiger partial charge in [-0.2, -0.15) is 0 Å². The van der Waals surface area contributed by atoms with Crippen molar-refractivity contribution < 1.29 is 27.9 Å². The third kappa shape index (κ3) is 6.45. The molecule has 0 fully saturated rings. The summed E-state index contributed by atoms with van der Waals surface area (Å²) in [5.41, 5.74) is -0.831. The fraction of sp³-hybridized carbons (Fsp3) is 0.429. The quantitative estimate of drug-likeness (QED) is 0.828. The van der Waals surface area contributed by atoms with Crippen molar-refractivity contribution in [2.75, 3.05) is 5.75 Å². The van der Waals surface area contributed by atoms with E-state index in [0.717, 1.165) is 0 Å². The van der Waals surface area contributed by atoms with Crippen molar-refractivity contribution in [3.8, 4) is 0 Å². The molecule has 0 heterocycles. The van der Waals surface area contributed by atoms with E-state index in [4.69, 9.17) is 21.4 Å².